The molecule has 1 aromatic heterocycles. The number of aromatic amines is 1. The molecule has 1 N–H and O–H groups in total. The highest BCUT2D eigenvalue weighted by atomic mass is 35.5. The maximum Gasteiger partial charge on any atom is 0.133 e. The average Bonchev–Trinajstić information content (AvgIpc) is 2.32. The van der Waals surface area contributed by atoms with Crippen molar-refractivity contribution in [1.82, 2.24) is 9.97 Å². The summed E-state index contributed by atoms with van der Waals surface area (Å²) in [5, 5.41) is 0.365. The molecule has 0 bridgehead atoms. The Hall–Kier alpha value is -1.26. The summed E-state index contributed by atoms with van der Waals surface area (Å²) < 4.78 is 13.6. The van der Waals surface area contributed by atoms with E-state index >= 15 is 0 Å². The summed E-state index contributed by atoms with van der Waals surface area (Å²) in [7, 11) is 0. The van der Waals surface area contributed by atoms with Crippen LogP contribution in [0.4, 0.5) is 4.39 Å². The number of hydrogen-bond donors (Lipinski definition) is 1. The van der Waals surface area contributed by atoms with Gasteiger partial charge in [-0.2, -0.15) is 0 Å². The zero-order valence-electron chi connectivity index (χ0n) is 9.84. The molecule has 2 aromatic rings. The number of halogens is 2. The van der Waals surface area contributed by atoms with Gasteiger partial charge in [0.05, 0.1) is 17.0 Å². The van der Waals surface area contributed by atoms with E-state index < -0.39 is 0 Å². The first-order valence-corrected chi connectivity index (χ1v) is 6.44. The Labute approximate surface area is 115 Å². The minimum Gasteiger partial charge on any atom is -0.345 e. The van der Waals surface area contributed by atoms with Crippen LogP contribution in [-0.2, 0) is 6.42 Å². The molecule has 1 aromatic carbocycles. The lowest BCUT2D eigenvalue weighted by Gasteiger charge is -2.10. The quantitative estimate of drug-likeness (QED) is 0.837. The third kappa shape index (κ3) is 2.60. The summed E-state index contributed by atoms with van der Waals surface area (Å²) in [6.07, 6.45) is 3.30. The van der Waals surface area contributed by atoms with E-state index in [2.05, 4.69) is 16.9 Å². The Bertz CT molecular complexity index is 625. The molecule has 0 aliphatic carbocycles. The van der Waals surface area contributed by atoms with Crippen LogP contribution in [0.25, 0.3) is 11.3 Å². The van der Waals surface area contributed by atoms with Crippen molar-refractivity contribution in [1.29, 1.82) is 0 Å². The van der Waals surface area contributed by atoms with Gasteiger partial charge in [-0.3, -0.25) is 0 Å². The van der Waals surface area contributed by atoms with Crippen molar-refractivity contribution in [2.75, 3.05) is 0 Å². The number of nitrogens with one attached hydrogen (secondary N) is 1. The van der Waals surface area contributed by atoms with E-state index in [1.165, 1.54) is 18.5 Å². The van der Waals surface area contributed by atoms with Gasteiger partial charge >= 0.3 is 0 Å². The molecule has 0 spiro atoms. The van der Waals surface area contributed by atoms with Gasteiger partial charge in [-0.1, -0.05) is 37.2 Å². The van der Waals surface area contributed by atoms with Gasteiger partial charge in [0, 0.05) is 11.1 Å². The molecule has 1 heterocycles. The first-order chi connectivity index (χ1) is 8.63. The van der Waals surface area contributed by atoms with Gasteiger partial charge in [0.25, 0.3) is 0 Å². The Morgan fingerprint density at radius 1 is 1.44 bits per heavy atom. The fourth-order valence-electron chi connectivity index (χ4n) is 1.84. The molecule has 5 heteroatoms. The molecule has 0 amide bonds. The van der Waals surface area contributed by atoms with Crippen molar-refractivity contribution in [2.45, 2.75) is 19.8 Å². The topological polar surface area (TPSA) is 28.7 Å². The number of hydrogen-bond acceptors (Lipinski definition) is 2. The third-order valence-electron chi connectivity index (χ3n) is 2.65. The molecule has 0 unspecified atom stereocenters. The second-order valence-corrected chi connectivity index (χ2v) is 4.73. The van der Waals surface area contributed by atoms with Crippen LogP contribution in [0, 0.1) is 10.5 Å². The van der Waals surface area contributed by atoms with Crippen LogP contribution in [0.1, 0.15) is 18.9 Å². The largest absolute Gasteiger partial charge is 0.345 e. The molecule has 0 aliphatic heterocycles. The zero-order valence-corrected chi connectivity index (χ0v) is 11.4. The predicted octanol–water partition coefficient (Wildman–Crippen LogP) is 4.55. The summed E-state index contributed by atoms with van der Waals surface area (Å²) in [4.78, 5) is 7.13. The highest BCUT2D eigenvalue weighted by molar-refractivity contribution is 7.71. The molecule has 2 rings (SSSR count). The second-order valence-electron chi connectivity index (χ2n) is 3.94. The molecule has 18 heavy (non-hydrogen) atoms. The Morgan fingerprint density at radius 2 is 2.22 bits per heavy atom. The van der Waals surface area contributed by atoms with Crippen molar-refractivity contribution >= 4 is 23.8 Å². The Kier molecular flexibility index (Phi) is 4.09. The second kappa shape index (κ2) is 5.59. The lowest BCUT2D eigenvalue weighted by molar-refractivity contribution is 0.628. The Morgan fingerprint density at radius 3 is 2.89 bits per heavy atom. The molecule has 0 saturated carbocycles. The van der Waals surface area contributed by atoms with Gasteiger partial charge in [-0.15, -0.1) is 0 Å². The number of H-pyrrole nitrogens is 1. The maximum atomic E-state index is 13.1. The summed E-state index contributed by atoms with van der Waals surface area (Å²) in [6.45, 7) is 2.07. The van der Waals surface area contributed by atoms with Gasteiger partial charge in [0.15, 0.2) is 0 Å². The monoisotopic (exact) mass is 282 g/mol. The van der Waals surface area contributed by atoms with Gasteiger partial charge in [0.1, 0.15) is 10.5 Å². The fourth-order valence-corrected chi connectivity index (χ4v) is 2.36. The van der Waals surface area contributed by atoms with Crippen molar-refractivity contribution in [2.24, 2.45) is 0 Å². The van der Waals surface area contributed by atoms with Crippen LogP contribution >= 0.6 is 23.8 Å². The number of nitrogens with zero attached hydrogens (tertiary/aromatic N) is 1. The van der Waals surface area contributed by atoms with E-state index in [9.17, 15) is 4.39 Å². The lowest BCUT2D eigenvalue weighted by Crippen LogP contribution is -1.97. The van der Waals surface area contributed by atoms with E-state index in [4.69, 9.17) is 23.8 Å². The third-order valence-corrected chi connectivity index (χ3v) is 3.32. The van der Waals surface area contributed by atoms with Crippen molar-refractivity contribution in [3.8, 4) is 11.3 Å². The molecular weight excluding hydrogens is 271 g/mol. The number of aromatic nitrogens is 2. The van der Waals surface area contributed by atoms with Crippen molar-refractivity contribution < 1.29 is 4.39 Å². The first kappa shape index (κ1) is 13.2. The van der Waals surface area contributed by atoms with Crippen LogP contribution in [0.5, 0.6) is 0 Å². The maximum absolute atomic E-state index is 13.1. The van der Waals surface area contributed by atoms with Crippen LogP contribution in [-0.4, -0.2) is 9.97 Å². The van der Waals surface area contributed by atoms with Gasteiger partial charge in [-0.25, -0.2) is 9.37 Å². The first-order valence-electron chi connectivity index (χ1n) is 5.65. The molecule has 0 fully saturated rings. The minimum atomic E-state index is -0.353. The van der Waals surface area contributed by atoms with Gasteiger partial charge in [0.2, 0.25) is 0 Å². The normalized spacial score (nSPS) is 10.6. The zero-order chi connectivity index (χ0) is 13.1. The molecule has 94 valence electrons. The van der Waals surface area contributed by atoms with E-state index in [0.717, 1.165) is 29.7 Å². The van der Waals surface area contributed by atoms with Crippen LogP contribution in [0.15, 0.2) is 24.5 Å². The fraction of sp³-hybridized carbons (Fsp3) is 0.231. The summed E-state index contributed by atoms with van der Waals surface area (Å²) >= 11 is 11.3. The SMILES string of the molecule is CCCc1c(-c2ccc(F)cc2Cl)[nH]cnc1=S. The molecular formula is C13H12ClFN2S. The van der Waals surface area contributed by atoms with E-state index in [1.807, 2.05) is 0 Å². The van der Waals surface area contributed by atoms with Crippen LogP contribution in [0.3, 0.4) is 0 Å². The molecule has 0 saturated heterocycles. The number of benzene rings is 1. The average molecular weight is 283 g/mol. The highest BCUT2D eigenvalue weighted by Crippen LogP contribution is 2.30. The summed E-state index contributed by atoms with van der Waals surface area (Å²) in [6, 6.07) is 4.33. The van der Waals surface area contributed by atoms with Gasteiger partial charge < -0.3 is 4.98 Å². The molecule has 2 nitrogen and oxygen atoms in total. The molecule has 0 aliphatic rings. The van der Waals surface area contributed by atoms with Crippen molar-refractivity contribution in [3.63, 3.8) is 0 Å². The summed E-state index contributed by atoms with van der Waals surface area (Å²) in [5.74, 6) is -0.353. The lowest BCUT2D eigenvalue weighted by atomic mass is 10.0. The highest BCUT2D eigenvalue weighted by Gasteiger charge is 2.11. The van der Waals surface area contributed by atoms with Crippen LogP contribution < -0.4 is 0 Å². The van der Waals surface area contributed by atoms with Crippen molar-refractivity contribution in [3.05, 3.63) is 45.6 Å². The smallest absolute Gasteiger partial charge is 0.133 e. The summed E-state index contributed by atoms with van der Waals surface area (Å²) in [5.41, 5.74) is 2.51. The molecule has 0 atom stereocenters. The standard InChI is InChI=1S/C13H12ClFN2S/c1-2-3-10-12(16-7-17-13(10)18)9-5-4-8(15)6-11(9)14/h4-7H,2-3H2,1H3,(H,16,17,18). The number of rotatable bonds is 3. The minimum absolute atomic E-state index is 0.353. The predicted molar refractivity (Wildman–Crippen MR) is 73.8 cm³/mol. The van der Waals surface area contributed by atoms with Gasteiger partial charge in [-0.05, 0) is 24.6 Å². The molecule has 0 radical (unpaired) electrons. The Balaban J connectivity index is 2.63. The van der Waals surface area contributed by atoms with E-state index in [1.54, 1.807) is 6.07 Å². The van der Waals surface area contributed by atoms with E-state index in [0.29, 0.717) is 9.66 Å². The van der Waals surface area contributed by atoms with E-state index in [-0.39, 0.29) is 5.82 Å². The van der Waals surface area contributed by atoms with Crippen LogP contribution in [0.2, 0.25) is 5.02 Å².